The summed E-state index contributed by atoms with van der Waals surface area (Å²) in [6, 6.07) is -0.700. The van der Waals surface area contributed by atoms with Crippen LogP contribution in [0.25, 0.3) is 0 Å². The first-order chi connectivity index (χ1) is 30.0. The average molecular weight is 862 g/mol. The number of rotatable bonds is 50. The first kappa shape index (κ1) is 59.6. The molecule has 0 fully saturated rings. The minimum absolute atomic E-state index is 0.0743. The van der Waals surface area contributed by atoms with E-state index in [1.54, 1.807) is 0 Å². The third-order valence-electron chi connectivity index (χ3n) is 12.8. The molecular weight excluding hydrogens is 755 g/mol. The molecule has 0 radical (unpaired) electrons. The standard InChI is InChI=1S/C55H107NO5/c1-4-7-10-13-16-19-22-25-27-30-33-36-39-42-45-48-55(60)61-51(46-43-40-37-34-31-29-26-23-20-17-14-11-8-5-2)49-54(59)56-52(50-57)53(58)47-44-41-38-35-32-28-24-21-18-15-12-9-6-3/h29,31,51-53,57-58H,4-28,30,32-50H2,1-3H3,(H,56,59)/b31-29+. The number of hydrogen-bond donors (Lipinski definition) is 3. The normalized spacial score (nSPS) is 13.2. The Bertz CT molecular complexity index is 924. The fourth-order valence-corrected chi connectivity index (χ4v) is 8.66. The summed E-state index contributed by atoms with van der Waals surface area (Å²) in [4.78, 5) is 26.2. The van der Waals surface area contributed by atoms with Crippen molar-refractivity contribution in [3.8, 4) is 0 Å². The molecule has 3 atom stereocenters. The second kappa shape index (κ2) is 49.6. The highest BCUT2D eigenvalue weighted by atomic mass is 16.5. The zero-order valence-electron chi connectivity index (χ0n) is 41.3. The summed E-state index contributed by atoms with van der Waals surface area (Å²) >= 11 is 0. The van der Waals surface area contributed by atoms with E-state index in [0.717, 1.165) is 57.8 Å². The van der Waals surface area contributed by atoms with Crippen molar-refractivity contribution in [2.75, 3.05) is 6.61 Å². The number of aliphatic hydroxyl groups is 2. The highest BCUT2D eigenvalue weighted by Gasteiger charge is 2.24. The van der Waals surface area contributed by atoms with E-state index in [2.05, 4.69) is 38.2 Å². The molecule has 0 aromatic rings. The lowest BCUT2D eigenvalue weighted by molar-refractivity contribution is -0.151. The molecule has 3 unspecified atom stereocenters. The van der Waals surface area contributed by atoms with Gasteiger partial charge in [-0.15, -0.1) is 0 Å². The number of hydrogen-bond acceptors (Lipinski definition) is 5. The lowest BCUT2D eigenvalue weighted by Crippen LogP contribution is -2.46. The smallest absolute Gasteiger partial charge is 0.306 e. The van der Waals surface area contributed by atoms with Crippen LogP contribution in [0.3, 0.4) is 0 Å². The van der Waals surface area contributed by atoms with E-state index >= 15 is 0 Å². The van der Waals surface area contributed by atoms with Crippen LogP contribution in [0.4, 0.5) is 0 Å². The van der Waals surface area contributed by atoms with Gasteiger partial charge in [0.1, 0.15) is 6.10 Å². The highest BCUT2D eigenvalue weighted by Crippen LogP contribution is 2.18. The number of unbranched alkanes of at least 4 members (excludes halogenated alkanes) is 36. The predicted octanol–water partition coefficient (Wildman–Crippen LogP) is 16.5. The molecule has 0 aliphatic carbocycles. The van der Waals surface area contributed by atoms with Crippen molar-refractivity contribution in [2.45, 2.75) is 322 Å². The second-order valence-electron chi connectivity index (χ2n) is 19.0. The Morgan fingerprint density at radius 1 is 0.459 bits per heavy atom. The Hall–Kier alpha value is -1.40. The quantitative estimate of drug-likeness (QED) is 0.0322. The largest absolute Gasteiger partial charge is 0.462 e. The van der Waals surface area contributed by atoms with Gasteiger partial charge in [0.15, 0.2) is 0 Å². The Morgan fingerprint density at radius 2 is 0.787 bits per heavy atom. The van der Waals surface area contributed by atoms with Crippen LogP contribution in [0.2, 0.25) is 0 Å². The SMILES string of the molecule is CCCCCCCCC/C=C/CCCCCC(CC(=O)NC(CO)C(O)CCCCCCCCCCCCCCC)OC(=O)CCCCCCCCCCCCCCCCC. The average Bonchev–Trinajstić information content (AvgIpc) is 3.25. The third-order valence-corrected chi connectivity index (χ3v) is 12.8. The topological polar surface area (TPSA) is 95.9 Å². The van der Waals surface area contributed by atoms with Crippen LogP contribution < -0.4 is 5.32 Å². The summed E-state index contributed by atoms with van der Waals surface area (Å²) in [5.74, 6) is -0.469. The fourth-order valence-electron chi connectivity index (χ4n) is 8.66. The molecule has 0 aliphatic rings. The molecule has 0 rings (SSSR count). The minimum atomic E-state index is -0.786. The number of carbonyl (C=O) groups is 2. The van der Waals surface area contributed by atoms with Crippen LogP contribution in [0.1, 0.15) is 303 Å². The maximum atomic E-state index is 13.2. The van der Waals surface area contributed by atoms with Crippen LogP contribution in [-0.4, -0.2) is 46.9 Å². The molecule has 0 aliphatic heterocycles. The van der Waals surface area contributed by atoms with E-state index < -0.39 is 18.2 Å². The van der Waals surface area contributed by atoms with Crippen molar-refractivity contribution in [3.05, 3.63) is 12.2 Å². The van der Waals surface area contributed by atoms with Gasteiger partial charge in [0.25, 0.3) is 0 Å². The van der Waals surface area contributed by atoms with Gasteiger partial charge in [-0.25, -0.2) is 0 Å². The Kier molecular flexibility index (Phi) is 48.5. The van der Waals surface area contributed by atoms with Crippen LogP contribution in [0.15, 0.2) is 12.2 Å². The summed E-state index contributed by atoms with van der Waals surface area (Å²) in [6.07, 6.45) is 55.6. The van der Waals surface area contributed by atoms with E-state index in [0.29, 0.717) is 19.3 Å². The molecule has 0 saturated carbocycles. The molecule has 0 heterocycles. The summed E-state index contributed by atoms with van der Waals surface area (Å²) in [7, 11) is 0. The van der Waals surface area contributed by atoms with Gasteiger partial charge in [-0.3, -0.25) is 9.59 Å². The van der Waals surface area contributed by atoms with E-state index in [1.807, 2.05) is 0 Å². The molecule has 6 heteroatoms. The van der Waals surface area contributed by atoms with E-state index in [1.165, 1.54) is 199 Å². The maximum Gasteiger partial charge on any atom is 0.306 e. The number of allylic oxidation sites excluding steroid dienone is 2. The molecule has 0 aromatic heterocycles. The van der Waals surface area contributed by atoms with Crippen molar-refractivity contribution in [3.63, 3.8) is 0 Å². The van der Waals surface area contributed by atoms with Gasteiger partial charge >= 0.3 is 5.97 Å². The number of carbonyl (C=O) groups excluding carboxylic acids is 2. The summed E-state index contributed by atoms with van der Waals surface area (Å²) in [5, 5.41) is 23.8. The molecule has 61 heavy (non-hydrogen) atoms. The lowest BCUT2D eigenvalue weighted by atomic mass is 10.0. The van der Waals surface area contributed by atoms with Crippen molar-refractivity contribution in [2.24, 2.45) is 0 Å². The van der Waals surface area contributed by atoms with Gasteiger partial charge in [0, 0.05) is 6.42 Å². The highest BCUT2D eigenvalue weighted by molar-refractivity contribution is 5.77. The van der Waals surface area contributed by atoms with Crippen LogP contribution in [0, 0.1) is 0 Å². The van der Waals surface area contributed by atoms with Crippen LogP contribution in [-0.2, 0) is 14.3 Å². The number of esters is 1. The zero-order chi connectivity index (χ0) is 44.5. The third kappa shape index (κ3) is 45.0. The van der Waals surface area contributed by atoms with Crippen molar-refractivity contribution >= 4 is 11.9 Å². The van der Waals surface area contributed by atoms with Crippen LogP contribution >= 0.6 is 0 Å². The molecule has 6 nitrogen and oxygen atoms in total. The number of aliphatic hydroxyl groups excluding tert-OH is 2. The monoisotopic (exact) mass is 862 g/mol. The summed E-state index contributed by atoms with van der Waals surface area (Å²) in [6.45, 7) is 6.51. The zero-order valence-corrected chi connectivity index (χ0v) is 41.3. The molecule has 1 amide bonds. The first-order valence-electron chi connectivity index (χ1n) is 27.4. The molecule has 0 saturated heterocycles. The second-order valence-corrected chi connectivity index (χ2v) is 19.0. The van der Waals surface area contributed by atoms with Gasteiger partial charge in [0.2, 0.25) is 5.91 Å². The van der Waals surface area contributed by atoms with Gasteiger partial charge in [-0.2, -0.15) is 0 Å². The summed E-state index contributed by atoms with van der Waals surface area (Å²) in [5.41, 5.74) is 0. The molecule has 0 spiro atoms. The number of ether oxygens (including phenoxy) is 1. The molecule has 3 N–H and O–H groups in total. The number of nitrogens with one attached hydrogen (secondary N) is 1. The van der Waals surface area contributed by atoms with Crippen LogP contribution in [0.5, 0.6) is 0 Å². The van der Waals surface area contributed by atoms with Gasteiger partial charge in [-0.05, 0) is 51.4 Å². The van der Waals surface area contributed by atoms with E-state index in [9.17, 15) is 19.8 Å². The van der Waals surface area contributed by atoms with Gasteiger partial charge < -0.3 is 20.3 Å². The molecule has 0 bridgehead atoms. The van der Waals surface area contributed by atoms with Gasteiger partial charge in [-0.1, -0.05) is 251 Å². The first-order valence-corrected chi connectivity index (χ1v) is 27.4. The van der Waals surface area contributed by atoms with Gasteiger partial charge in [0.05, 0.1) is 25.2 Å². The van der Waals surface area contributed by atoms with Crippen molar-refractivity contribution < 1.29 is 24.5 Å². The predicted molar refractivity (Wildman–Crippen MR) is 264 cm³/mol. The summed E-state index contributed by atoms with van der Waals surface area (Å²) < 4.78 is 5.94. The fraction of sp³-hybridized carbons (Fsp3) is 0.927. The Labute approximate surface area is 380 Å². The Morgan fingerprint density at radius 3 is 1.18 bits per heavy atom. The molecule has 0 aromatic carbocycles. The number of amides is 1. The molecular formula is C55H107NO5. The van der Waals surface area contributed by atoms with E-state index in [4.69, 9.17) is 4.74 Å². The maximum absolute atomic E-state index is 13.2. The van der Waals surface area contributed by atoms with E-state index in [-0.39, 0.29) is 24.9 Å². The lowest BCUT2D eigenvalue weighted by Gasteiger charge is -2.24. The van der Waals surface area contributed by atoms with Crippen molar-refractivity contribution in [1.82, 2.24) is 5.32 Å². The van der Waals surface area contributed by atoms with Crippen molar-refractivity contribution in [1.29, 1.82) is 0 Å². The Balaban J connectivity index is 4.54. The molecule has 362 valence electrons. The minimum Gasteiger partial charge on any atom is -0.462 e.